The molecule has 1 aromatic carbocycles. The van der Waals surface area contributed by atoms with Gasteiger partial charge in [0.2, 0.25) is 0 Å². The molecule has 0 aromatic heterocycles. The minimum absolute atomic E-state index is 0.572. The Kier molecular flexibility index (Phi) is 3.03. The monoisotopic (exact) mass is 300 g/mol. The van der Waals surface area contributed by atoms with E-state index in [1.807, 2.05) is 0 Å². The van der Waals surface area contributed by atoms with E-state index in [0.29, 0.717) is 5.92 Å². The molecule has 1 atom stereocenters. The van der Waals surface area contributed by atoms with Gasteiger partial charge in [-0.05, 0) is 43.9 Å². The van der Waals surface area contributed by atoms with E-state index in [1.165, 1.54) is 33.2 Å². The van der Waals surface area contributed by atoms with Gasteiger partial charge in [0, 0.05) is 10.4 Å². The highest BCUT2D eigenvalue weighted by atomic mass is 79.9. The van der Waals surface area contributed by atoms with Crippen molar-refractivity contribution in [1.82, 2.24) is 0 Å². The summed E-state index contributed by atoms with van der Waals surface area (Å²) in [5.74, 6) is 0.572. The van der Waals surface area contributed by atoms with Crippen LogP contribution < -0.4 is 0 Å². The first kappa shape index (κ1) is 12.0. The fourth-order valence-corrected chi connectivity index (χ4v) is 3.49. The first-order valence-corrected chi connectivity index (χ1v) is 7.27. The Morgan fingerprint density at radius 3 is 2.78 bits per heavy atom. The van der Waals surface area contributed by atoms with Gasteiger partial charge in [-0.25, -0.2) is 0 Å². The third-order valence-electron chi connectivity index (χ3n) is 3.97. The molecule has 0 heterocycles. The van der Waals surface area contributed by atoms with Gasteiger partial charge < -0.3 is 0 Å². The Bertz CT molecular complexity index is 588. The highest BCUT2D eigenvalue weighted by molar-refractivity contribution is 9.10. The van der Waals surface area contributed by atoms with Crippen molar-refractivity contribution >= 4 is 22.0 Å². The fourth-order valence-electron chi connectivity index (χ4n) is 2.99. The lowest BCUT2D eigenvalue weighted by atomic mass is 9.89. The molecule has 2 aliphatic rings. The Morgan fingerprint density at radius 1 is 1.22 bits per heavy atom. The summed E-state index contributed by atoms with van der Waals surface area (Å²) in [5, 5.41) is 0. The van der Waals surface area contributed by atoms with E-state index in [9.17, 15) is 0 Å². The SMILES string of the molecule is CC1=CCC(CC2C(C)=Cc3c(Br)cccc32)=C1. The number of hydrogen-bond acceptors (Lipinski definition) is 0. The summed E-state index contributed by atoms with van der Waals surface area (Å²) < 4.78 is 1.22. The highest BCUT2D eigenvalue weighted by Gasteiger charge is 2.24. The number of hydrogen-bond donors (Lipinski definition) is 0. The molecule has 1 aromatic rings. The van der Waals surface area contributed by atoms with Gasteiger partial charge in [-0.1, -0.05) is 63.0 Å². The van der Waals surface area contributed by atoms with Crippen molar-refractivity contribution in [3.05, 3.63) is 62.7 Å². The van der Waals surface area contributed by atoms with Crippen LogP contribution in [0.15, 0.2) is 51.5 Å². The minimum atomic E-state index is 0.572. The molecule has 0 saturated heterocycles. The lowest BCUT2D eigenvalue weighted by Gasteiger charge is -2.15. The van der Waals surface area contributed by atoms with Gasteiger partial charge in [-0.3, -0.25) is 0 Å². The molecule has 92 valence electrons. The lowest BCUT2D eigenvalue weighted by molar-refractivity contribution is 0.784. The molecule has 1 heteroatoms. The number of allylic oxidation sites excluding steroid dienone is 5. The molecule has 0 saturated carbocycles. The molecular weight excluding hydrogens is 284 g/mol. The third-order valence-corrected chi connectivity index (χ3v) is 4.66. The lowest BCUT2D eigenvalue weighted by Crippen LogP contribution is -1.98. The van der Waals surface area contributed by atoms with E-state index in [1.54, 1.807) is 5.57 Å². The molecule has 18 heavy (non-hydrogen) atoms. The summed E-state index contributed by atoms with van der Waals surface area (Å²) in [6.07, 6.45) is 9.31. The van der Waals surface area contributed by atoms with Crippen molar-refractivity contribution in [2.75, 3.05) is 0 Å². The predicted molar refractivity (Wildman–Crippen MR) is 81.6 cm³/mol. The maximum absolute atomic E-state index is 3.66. The number of rotatable bonds is 2. The molecule has 0 nitrogen and oxygen atoms in total. The van der Waals surface area contributed by atoms with Crippen LogP contribution in [0.5, 0.6) is 0 Å². The van der Waals surface area contributed by atoms with Crippen molar-refractivity contribution in [2.45, 2.75) is 32.6 Å². The van der Waals surface area contributed by atoms with Gasteiger partial charge in [-0.2, -0.15) is 0 Å². The van der Waals surface area contributed by atoms with Crippen molar-refractivity contribution in [1.29, 1.82) is 0 Å². The molecule has 1 unspecified atom stereocenters. The van der Waals surface area contributed by atoms with Gasteiger partial charge >= 0.3 is 0 Å². The van der Waals surface area contributed by atoms with Crippen molar-refractivity contribution in [3.8, 4) is 0 Å². The molecule has 0 spiro atoms. The maximum atomic E-state index is 3.66. The maximum Gasteiger partial charge on any atom is 0.0250 e. The topological polar surface area (TPSA) is 0 Å². The van der Waals surface area contributed by atoms with E-state index in [-0.39, 0.29) is 0 Å². The van der Waals surface area contributed by atoms with Crippen LogP contribution in [0, 0.1) is 0 Å². The van der Waals surface area contributed by atoms with Crippen LogP contribution in [0.3, 0.4) is 0 Å². The van der Waals surface area contributed by atoms with Crippen LogP contribution in [-0.2, 0) is 0 Å². The van der Waals surface area contributed by atoms with Crippen LogP contribution >= 0.6 is 15.9 Å². The zero-order valence-electron chi connectivity index (χ0n) is 10.8. The molecule has 0 amide bonds. The minimum Gasteiger partial charge on any atom is -0.0775 e. The van der Waals surface area contributed by atoms with E-state index in [4.69, 9.17) is 0 Å². The molecule has 0 bridgehead atoms. The average molecular weight is 301 g/mol. The summed E-state index contributed by atoms with van der Waals surface area (Å²) in [4.78, 5) is 0. The largest absolute Gasteiger partial charge is 0.0775 e. The number of benzene rings is 1. The first-order valence-electron chi connectivity index (χ1n) is 6.48. The summed E-state index contributed by atoms with van der Waals surface area (Å²) in [6.45, 7) is 4.45. The third kappa shape index (κ3) is 2.01. The van der Waals surface area contributed by atoms with Gasteiger partial charge in [0.05, 0.1) is 0 Å². The summed E-state index contributed by atoms with van der Waals surface area (Å²) in [7, 11) is 0. The normalized spacial score (nSPS) is 21.5. The van der Waals surface area contributed by atoms with Gasteiger partial charge in [-0.15, -0.1) is 0 Å². The van der Waals surface area contributed by atoms with Gasteiger partial charge in [0.1, 0.15) is 0 Å². The molecule has 2 aliphatic carbocycles. The Balaban J connectivity index is 1.90. The van der Waals surface area contributed by atoms with Gasteiger partial charge in [0.15, 0.2) is 0 Å². The molecule has 0 radical (unpaired) electrons. The standard InChI is InChI=1S/C17H17Br/c1-11-6-7-13(8-11)10-15-12(2)9-16-14(15)4-3-5-17(16)18/h3-6,8-9,15H,7,10H2,1-2H3. The van der Waals surface area contributed by atoms with Crippen LogP contribution in [0.1, 0.15) is 43.7 Å². The van der Waals surface area contributed by atoms with Gasteiger partial charge in [0.25, 0.3) is 0 Å². The van der Waals surface area contributed by atoms with Crippen LogP contribution in [0.4, 0.5) is 0 Å². The second-order valence-electron chi connectivity index (χ2n) is 5.34. The molecule has 0 N–H and O–H groups in total. The Morgan fingerprint density at radius 2 is 2.06 bits per heavy atom. The number of fused-ring (bicyclic) bond motifs is 1. The van der Waals surface area contributed by atoms with E-state index >= 15 is 0 Å². The zero-order chi connectivity index (χ0) is 12.7. The molecule has 0 fully saturated rings. The summed E-state index contributed by atoms with van der Waals surface area (Å²) >= 11 is 3.66. The molecular formula is C17H17Br. The first-order chi connectivity index (χ1) is 8.65. The highest BCUT2D eigenvalue weighted by Crippen LogP contribution is 2.43. The van der Waals surface area contributed by atoms with Crippen LogP contribution in [0.2, 0.25) is 0 Å². The van der Waals surface area contributed by atoms with Crippen molar-refractivity contribution < 1.29 is 0 Å². The fraction of sp³-hybridized carbons (Fsp3) is 0.294. The summed E-state index contributed by atoms with van der Waals surface area (Å²) in [6, 6.07) is 6.55. The van der Waals surface area contributed by atoms with E-state index in [2.05, 4.69) is 66.2 Å². The predicted octanol–water partition coefficient (Wildman–Crippen LogP) is 5.62. The Labute approximate surface area is 117 Å². The van der Waals surface area contributed by atoms with Crippen LogP contribution in [0.25, 0.3) is 6.08 Å². The second kappa shape index (κ2) is 4.55. The zero-order valence-corrected chi connectivity index (χ0v) is 12.4. The average Bonchev–Trinajstić information content (AvgIpc) is 2.87. The van der Waals surface area contributed by atoms with E-state index < -0.39 is 0 Å². The van der Waals surface area contributed by atoms with E-state index in [0.717, 1.165) is 6.42 Å². The van der Waals surface area contributed by atoms with Crippen LogP contribution in [-0.4, -0.2) is 0 Å². The Hall–Kier alpha value is -1.08. The second-order valence-corrected chi connectivity index (χ2v) is 6.20. The van der Waals surface area contributed by atoms with Crippen molar-refractivity contribution in [3.63, 3.8) is 0 Å². The molecule has 0 aliphatic heterocycles. The number of halogens is 1. The smallest absolute Gasteiger partial charge is 0.0250 e. The molecule has 3 rings (SSSR count). The summed E-state index contributed by atoms with van der Waals surface area (Å²) in [5.41, 5.74) is 7.33. The quantitative estimate of drug-likeness (QED) is 0.665. The van der Waals surface area contributed by atoms with Crippen molar-refractivity contribution in [2.24, 2.45) is 0 Å².